The van der Waals surface area contributed by atoms with Crippen LogP contribution in [0.25, 0.3) is 10.2 Å². The van der Waals surface area contributed by atoms with Gasteiger partial charge >= 0.3 is 5.97 Å². The lowest BCUT2D eigenvalue weighted by molar-refractivity contribution is 0.0607. The summed E-state index contributed by atoms with van der Waals surface area (Å²) in [4.78, 5) is 25.8. The zero-order valence-electron chi connectivity index (χ0n) is 12.7. The molecule has 0 atom stereocenters. The van der Waals surface area contributed by atoms with Crippen molar-refractivity contribution >= 4 is 45.2 Å². The molecular weight excluding hydrogens is 288 g/mol. The van der Waals surface area contributed by atoms with E-state index in [-0.39, 0.29) is 0 Å². The van der Waals surface area contributed by atoms with Gasteiger partial charge in [0.05, 0.1) is 24.5 Å². The van der Waals surface area contributed by atoms with Crippen molar-refractivity contribution in [3.05, 3.63) is 17.1 Å². The lowest BCUT2D eigenvalue weighted by atomic mass is 10.2. The number of aromatic nitrogens is 1. The molecule has 0 saturated heterocycles. The number of carbonyl (C=O) groups is 1. The van der Waals surface area contributed by atoms with Crippen molar-refractivity contribution in [1.82, 2.24) is 9.88 Å². The number of fused-ring (bicyclic) bond motifs is 1. The number of methoxy groups -OCH3 is 1. The standard InChI is InChI=1S/C14H18N4O2S/c1-17(2)8-16-11-10-9(18(3)4)6-7-15-13(10)21-12(11)14(19)20-5/h6-8H,1-5H3/b16-8+. The zero-order valence-corrected chi connectivity index (χ0v) is 13.6. The van der Waals surface area contributed by atoms with Crippen LogP contribution >= 0.6 is 11.3 Å². The number of hydrogen-bond acceptors (Lipinski definition) is 6. The zero-order chi connectivity index (χ0) is 15.6. The minimum atomic E-state index is -0.395. The van der Waals surface area contributed by atoms with Gasteiger partial charge in [0, 0.05) is 34.4 Å². The topological polar surface area (TPSA) is 58.0 Å². The van der Waals surface area contributed by atoms with Gasteiger partial charge in [-0.3, -0.25) is 0 Å². The van der Waals surface area contributed by atoms with Crippen LogP contribution in [-0.2, 0) is 4.74 Å². The highest BCUT2D eigenvalue weighted by Crippen LogP contribution is 2.41. The normalized spacial score (nSPS) is 11.1. The molecule has 0 fully saturated rings. The van der Waals surface area contributed by atoms with E-state index in [9.17, 15) is 4.79 Å². The van der Waals surface area contributed by atoms with E-state index in [4.69, 9.17) is 4.74 Å². The van der Waals surface area contributed by atoms with Crippen molar-refractivity contribution in [1.29, 1.82) is 0 Å². The van der Waals surface area contributed by atoms with Crippen molar-refractivity contribution in [3.8, 4) is 0 Å². The average molecular weight is 306 g/mol. The Bertz CT molecular complexity index is 692. The van der Waals surface area contributed by atoms with Gasteiger partial charge in [-0.15, -0.1) is 11.3 Å². The maximum atomic E-state index is 12.0. The van der Waals surface area contributed by atoms with Crippen LogP contribution in [0.5, 0.6) is 0 Å². The molecule has 0 saturated carbocycles. The van der Waals surface area contributed by atoms with Crippen LogP contribution in [0.4, 0.5) is 11.4 Å². The first-order valence-corrected chi connectivity index (χ1v) is 7.15. The van der Waals surface area contributed by atoms with E-state index in [2.05, 4.69) is 9.98 Å². The van der Waals surface area contributed by atoms with Crippen LogP contribution in [-0.4, -0.2) is 57.5 Å². The molecule has 0 radical (unpaired) electrons. The summed E-state index contributed by atoms with van der Waals surface area (Å²) < 4.78 is 4.86. The van der Waals surface area contributed by atoms with E-state index in [1.165, 1.54) is 18.4 Å². The molecule has 0 unspecified atom stereocenters. The summed E-state index contributed by atoms with van der Waals surface area (Å²) in [5.41, 5.74) is 1.57. The maximum Gasteiger partial charge on any atom is 0.350 e. The molecule has 0 N–H and O–H groups in total. The highest BCUT2D eigenvalue weighted by Gasteiger charge is 2.22. The van der Waals surface area contributed by atoms with Crippen LogP contribution in [0, 0.1) is 0 Å². The molecule has 21 heavy (non-hydrogen) atoms. The summed E-state index contributed by atoms with van der Waals surface area (Å²) in [6.07, 6.45) is 3.40. The minimum absolute atomic E-state index is 0.395. The van der Waals surface area contributed by atoms with E-state index in [0.717, 1.165) is 15.9 Å². The third kappa shape index (κ3) is 2.97. The number of pyridine rings is 1. The van der Waals surface area contributed by atoms with E-state index in [1.807, 2.05) is 44.1 Å². The first kappa shape index (κ1) is 15.2. The first-order chi connectivity index (χ1) is 9.95. The molecule has 0 aliphatic carbocycles. The number of hydrogen-bond donors (Lipinski definition) is 0. The van der Waals surface area contributed by atoms with Gasteiger partial charge in [0.15, 0.2) is 0 Å². The Labute approximate surface area is 127 Å². The van der Waals surface area contributed by atoms with E-state index >= 15 is 0 Å². The van der Waals surface area contributed by atoms with E-state index in [0.29, 0.717) is 10.6 Å². The van der Waals surface area contributed by atoms with Crippen molar-refractivity contribution in [2.75, 3.05) is 40.2 Å². The lowest BCUT2D eigenvalue weighted by Gasteiger charge is -2.14. The largest absolute Gasteiger partial charge is 0.465 e. The fraction of sp³-hybridized carbons (Fsp3) is 0.357. The Hall–Kier alpha value is -2.15. The highest BCUT2D eigenvalue weighted by molar-refractivity contribution is 7.21. The number of ether oxygens (including phenoxy) is 1. The lowest BCUT2D eigenvalue weighted by Crippen LogP contribution is -2.09. The Balaban J connectivity index is 2.76. The second-order valence-corrected chi connectivity index (χ2v) is 5.88. The first-order valence-electron chi connectivity index (χ1n) is 6.33. The van der Waals surface area contributed by atoms with Crippen molar-refractivity contribution in [2.24, 2.45) is 4.99 Å². The predicted molar refractivity (Wildman–Crippen MR) is 87.1 cm³/mol. The Morgan fingerprint density at radius 3 is 2.67 bits per heavy atom. The summed E-state index contributed by atoms with van der Waals surface area (Å²) in [5, 5.41) is 0.867. The van der Waals surface area contributed by atoms with Gasteiger partial charge in [-0.05, 0) is 6.07 Å². The number of nitrogens with zero attached hydrogens (tertiary/aromatic N) is 4. The molecular formula is C14H18N4O2S. The molecule has 0 amide bonds. The van der Waals surface area contributed by atoms with Gasteiger partial charge in [-0.2, -0.15) is 0 Å². The molecule has 112 valence electrons. The molecule has 0 aromatic carbocycles. The van der Waals surface area contributed by atoms with Gasteiger partial charge in [-0.1, -0.05) is 0 Å². The third-order valence-corrected chi connectivity index (χ3v) is 3.88. The second-order valence-electron chi connectivity index (χ2n) is 4.88. The number of aliphatic imine (C=N–C) groups is 1. The SMILES string of the molecule is COC(=O)c1sc2nccc(N(C)C)c2c1/N=C/N(C)C. The van der Waals surface area contributed by atoms with Crippen molar-refractivity contribution in [3.63, 3.8) is 0 Å². The predicted octanol–water partition coefficient (Wildman–Crippen LogP) is 2.37. The quantitative estimate of drug-likeness (QED) is 0.493. The average Bonchev–Trinajstić information content (AvgIpc) is 2.82. The molecule has 0 aliphatic heterocycles. The monoisotopic (exact) mass is 306 g/mol. The summed E-state index contributed by atoms with van der Waals surface area (Å²) in [6.45, 7) is 0. The van der Waals surface area contributed by atoms with Gasteiger partial charge in [-0.25, -0.2) is 14.8 Å². The molecule has 2 heterocycles. The van der Waals surface area contributed by atoms with Gasteiger partial charge < -0.3 is 14.5 Å². The Morgan fingerprint density at radius 2 is 2.10 bits per heavy atom. The summed E-state index contributed by atoms with van der Waals surface area (Å²) >= 11 is 1.30. The number of anilines is 1. The molecule has 0 aliphatic rings. The number of carbonyl (C=O) groups excluding carboxylic acids is 1. The smallest absolute Gasteiger partial charge is 0.350 e. The third-order valence-electron chi connectivity index (χ3n) is 2.82. The Kier molecular flexibility index (Phi) is 4.42. The minimum Gasteiger partial charge on any atom is -0.465 e. The summed E-state index contributed by atoms with van der Waals surface area (Å²) in [6, 6.07) is 1.91. The van der Waals surface area contributed by atoms with E-state index in [1.54, 1.807) is 12.5 Å². The molecule has 7 heteroatoms. The summed E-state index contributed by atoms with van der Waals surface area (Å²) in [5.74, 6) is -0.395. The molecule has 0 spiro atoms. The molecule has 2 aromatic rings. The number of esters is 1. The number of rotatable bonds is 4. The van der Waals surface area contributed by atoms with Crippen molar-refractivity contribution in [2.45, 2.75) is 0 Å². The summed E-state index contributed by atoms with van der Waals surface area (Å²) in [7, 11) is 9.02. The van der Waals surface area contributed by atoms with Crippen LogP contribution in [0.15, 0.2) is 17.3 Å². The van der Waals surface area contributed by atoms with Crippen LogP contribution in [0.2, 0.25) is 0 Å². The van der Waals surface area contributed by atoms with Crippen LogP contribution < -0.4 is 4.90 Å². The van der Waals surface area contributed by atoms with E-state index < -0.39 is 5.97 Å². The van der Waals surface area contributed by atoms with Crippen LogP contribution in [0.3, 0.4) is 0 Å². The molecule has 6 nitrogen and oxygen atoms in total. The van der Waals surface area contributed by atoms with Gasteiger partial charge in [0.1, 0.15) is 15.4 Å². The Morgan fingerprint density at radius 1 is 1.38 bits per heavy atom. The highest BCUT2D eigenvalue weighted by atomic mass is 32.1. The van der Waals surface area contributed by atoms with Gasteiger partial charge in [0.2, 0.25) is 0 Å². The molecule has 0 bridgehead atoms. The maximum absolute atomic E-state index is 12.0. The fourth-order valence-electron chi connectivity index (χ4n) is 1.89. The number of thiophene rings is 1. The molecule has 2 rings (SSSR count). The van der Waals surface area contributed by atoms with Crippen molar-refractivity contribution < 1.29 is 9.53 Å². The molecule has 2 aromatic heterocycles. The van der Waals surface area contributed by atoms with Crippen LogP contribution in [0.1, 0.15) is 9.67 Å². The van der Waals surface area contributed by atoms with Gasteiger partial charge in [0.25, 0.3) is 0 Å². The second kappa shape index (κ2) is 6.09. The fourth-order valence-corrected chi connectivity index (χ4v) is 2.92.